The Balaban J connectivity index is 1.81. The van der Waals surface area contributed by atoms with E-state index in [9.17, 15) is 4.79 Å². The number of carbonyl (C=O) groups is 1. The maximum absolute atomic E-state index is 12.3. The molecule has 0 spiro atoms. The Labute approximate surface area is 169 Å². The standard InChI is InChI=1S/C22H22ClN3O2/c1-14-8-9-19(23)12-21(14)26-15(2)10-18(16(26)3)13-24-25-22(27)17-6-5-7-20(11-17)28-4/h5-13H,1-4H3,(H,25,27)/b24-13-. The van der Waals surface area contributed by atoms with Crippen LogP contribution in [0.2, 0.25) is 5.02 Å². The highest BCUT2D eigenvalue weighted by molar-refractivity contribution is 6.30. The summed E-state index contributed by atoms with van der Waals surface area (Å²) in [4.78, 5) is 12.3. The smallest absolute Gasteiger partial charge is 0.271 e. The maximum Gasteiger partial charge on any atom is 0.271 e. The third-order valence-electron chi connectivity index (χ3n) is 4.58. The molecule has 0 fully saturated rings. The minimum absolute atomic E-state index is 0.297. The fourth-order valence-electron chi connectivity index (χ4n) is 3.10. The number of hydrogen-bond donors (Lipinski definition) is 1. The highest BCUT2D eigenvalue weighted by atomic mass is 35.5. The van der Waals surface area contributed by atoms with Crippen LogP contribution in [0.3, 0.4) is 0 Å². The van der Waals surface area contributed by atoms with E-state index in [1.54, 1.807) is 37.6 Å². The van der Waals surface area contributed by atoms with Crippen molar-refractivity contribution < 1.29 is 9.53 Å². The number of aryl methyl sites for hydroxylation is 2. The molecule has 0 unspecified atom stereocenters. The Bertz CT molecular complexity index is 1050. The molecule has 6 heteroatoms. The number of amides is 1. The molecule has 0 aliphatic heterocycles. The number of carbonyl (C=O) groups excluding carboxylic acids is 1. The number of nitrogens with one attached hydrogen (secondary N) is 1. The van der Waals surface area contributed by atoms with Gasteiger partial charge >= 0.3 is 0 Å². The van der Waals surface area contributed by atoms with E-state index in [0.717, 1.165) is 28.2 Å². The molecule has 1 aromatic heterocycles. The topological polar surface area (TPSA) is 55.6 Å². The summed E-state index contributed by atoms with van der Waals surface area (Å²) in [5.74, 6) is 0.326. The average Bonchev–Trinajstić information content (AvgIpc) is 2.97. The van der Waals surface area contributed by atoms with E-state index < -0.39 is 0 Å². The van der Waals surface area contributed by atoms with Crippen molar-refractivity contribution in [3.8, 4) is 11.4 Å². The molecule has 0 aliphatic carbocycles. The zero-order chi connectivity index (χ0) is 20.3. The Morgan fingerprint density at radius 1 is 1.14 bits per heavy atom. The molecule has 0 bridgehead atoms. The lowest BCUT2D eigenvalue weighted by atomic mass is 10.2. The molecule has 5 nitrogen and oxygen atoms in total. The van der Waals surface area contributed by atoms with Gasteiger partial charge in [-0.1, -0.05) is 23.7 Å². The van der Waals surface area contributed by atoms with Crippen molar-refractivity contribution in [1.82, 2.24) is 9.99 Å². The summed E-state index contributed by atoms with van der Waals surface area (Å²) in [7, 11) is 1.56. The number of aromatic nitrogens is 1. The lowest BCUT2D eigenvalue weighted by Gasteiger charge is -2.13. The molecule has 0 saturated heterocycles. The molecule has 1 heterocycles. The van der Waals surface area contributed by atoms with Gasteiger partial charge in [0.15, 0.2) is 0 Å². The minimum atomic E-state index is -0.297. The van der Waals surface area contributed by atoms with E-state index in [1.807, 2.05) is 45.0 Å². The van der Waals surface area contributed by atoms with Crippen LogP contribution in [0.1, 0.15) is 32.9 Å². The van der Waals surface area contributed by atoms with Crippen molar-refractivity contribution in [3.63, 3.8) is 0 Å². The van der Waals surface area contributed by atoms with Crippen LogP contribution >= 0.6 is 11.6 Å². The summed E-state index contributed by atoms with van der Waals surface area (Å²) in [6.45, 7) is 6.09. The minimum Gasteiger partial charge on any atom is -0.497 e. The summed E-state index contributed by atoms with van der Waals surface area (Å²) >= 11 is 6.18. The van der Waals surface area contributed by atoms with E-state index in [4.69, 9.17) is 16.3 Å². The average molecular weight is 396 g/mol. The predicted octanol–water partition coefficient (Wildman–Crippen LogP) is 4.83. The van der Waals surface area contributed by atoms with Gasteiger partial charge in [-0.15, -0.1) is 0 Å². The van der Waals surface area contributed by atoms with Crippen LogP contribution in [0.4, 0.5) is 0 Å². The number of hydrazone groups is 1. The van der Waals surface area contributed by atoms with Crippen LogP contribution in [-0.2, 0) is 0 Å². The second kappa shape index (κ2) is 8.31. The van der Waals surface area contributed by atoms with E-state index in [-0.39, 0.29) is 5.91 Å². The molecule has 3 aromatic rings. The third kappa shape index (κ3) is 4.10. The first-order chi connectivity index (χ1) is 13.4. The van der Waals surface area contributed by atoms with E-state index in [0.29, 0.717) is 16.3 Å². The largest absolute Gasteiger partial charge is 0.497 e. The third-order valence-corrected chi connectivity index (χ3v) is 4.82. The summed E-state index contributed by atoms with van der Waals surface area (Å²) < 4.78 is 7.27. The van der Waals surface area contributed by atoms with Gasteiger partial charge in [-0.3, -0.25) is 4.79 Å². The Hall–Kier alpha value is -3.05. The number of benzene rings is 2. The number of rotatable bonds is 5. The molecule has 2 aromatic carbocycles. The van der Waals surface area contributed by atoms with Gasteiger partial charge in [0.1, 0.15) is 5.75 Å². The molecular weight excluding hydrogens is 374 g/mol. The van der Waals surface area contributed by atoms with Crippen LogP contribution < -0.4 is 10.2 Å². The van der Waals surface area contributed by atoms with Gasteiger partial charge in [0, 0.05) is 33.2 Å². The van der Waals surface area contributed by atoms with E-state index >= 15 is 0 Å². The monoisotopic (exact) mass is 395 g/mol. The Morgan fingerprint density at radius 3 is 2.68 bits per heavy atom. The van der Waals surface area contributed by atoms with Crippen LogP contribution in [0.25, 0.3) is 5.69 Å². The first-order valence-corrected chi connectivity index (χ1v) is 9.21. The van der Waals surface area contributed by atoms with Crippen LogP contribution in [0.15, 0.2) is 53.6 Å². The first-order valence-electron chi connectivity index (χ1n) is 8.83. The van der Waals surface area contributed by atoms with Crippen molar-refractivity contribution in [1.29, 1.82) is 0 Å². The van der Waals surface area contributed by atoms with Gasteiger partial charge < -0.3 is 9.30 Å². The Kier molecular flexibility index (Phi) is 5.85. The summed E-state index contributed by atoms with van der Waals surface area (Å²) in [5.41, 5.74) is 8.19. The van der Waals surface area contributed by atoms with Crippen molar-refractivity contribution in [2.45, 2.75) is 20.8 Å². The van der Waals surface area contributed by atoms with Gasteiger partial charge in [-0.25, -0.2) is 5.43 Å². The number of methoxy groups -OCH3 is 1. The molecule has 1 amide bonds. The highest BCUT2D eigenvalue weighted by Crippen LogP contribution is 2.25. The molecule has 0 aliphatic rings. The lowest BCUT2D eigenvalue weighted by Crippen LogP contribution is -2.17. The summed E-state index contributed by atoms with van der Waals surface area (Å²) in [5, 5.41) is 4.81. The summed E-state index contributed by atoms with van der Waals surface area (Å²) in [6.07, 6.45) is 1.65. The molecule has 144 valence electrons. The SMILES string of the molecule is COc1cccc(C(=O)N/N=C\c2cc(C)n(-c3cc(Cl)ccc3C)c2C)c1. The normalized spacial score (nSPS) is 11.0. The molecule has 3 rings (SSSR count). The second-order valence-corrected chi connectivity index (χ2v) is 6.96. The number of halogens is 1. The van der Waals surface area contributed by atoms with Crippen molar-refractivity contribution in [3.05, 3.63) is 81.6 Å². The van der Waals surface area contributed by atoms with Gasteiger partial charge in [0.2, 0.25) is 0 Å². The molecule has 28 heavy (non-hydrogen) atoms. The molecular formula is C22H22ClN3O2. The maximum atomic E-state index is 12.3. The predicted molar refractivity (Wildman–Crippen MR) is 113 cm³/mol. The number of ether oxygens (including phenoxy) is 1. The van der Waals surface area contributed by atoms with Crippen LogP contribution in [0.5, 0.6) is 5.75 Å². The van der Waals surface area contributed by atoms with E-state index in [1.165, 1.54) is 0 Å². The quantitative estimate of drug-likeness (QED) is 0.497. The first kappa shape index (κ1) is 19.7. The van der Waals surface area contributed by atoms with Crippen LogP contribution in [0, 0.1) is 20.8 Å². The van der Waals surface area contributed by atoms with Crippen molar-refractivity contribution in [2.24, 2.45) is 5.10 Å². The highest BCUT2D eigenvalue weighted by Gasteiger charge is 2.12. The number of nitrogens with zero attached hydrogens (tertiary/aromatic N) is 2. The van der Waals surface area contributed by atoms with Gasteiger partial charge in [0.25, 0.3) is 5.91 Å². The molecule has 1 N–H and O–H groups in total. The fraction of sp³-hybridized carbons (Fsp3) is 0.182. The molecule has 0 atom stereocenters. The zero-order valence-electron chi connectivity index (χ0n) is 16.3. The van der Waals surface area contributed by atoms with Gasteiger partial charge in [-0.2, -0.15) is 5.10 Å². The van der Waals surface area contributed by atoms with E-state index in [2.05, 4.69) is 15.1 Å². The van der Waals surface area contributed by atoms with Crippen molar-refractivity contribution in [2.75, 3.05) is 7.11 Å². The molecule has 0 radical (unpaired) electrons. The van der Waals surface area contributed by atoms with Gasteiger partial charge in [-0.05, 0) is 62.7 Å². The fourth-order valence-corrected chi connectivity index (χ4v) is 3.27. The van der Waals surface area contributed by atoms with Crippen LogP contribution in [-0.4, -0.2) is 23.8 Å². The summed E-state index contributed by atoms with van der Waals surface area (Å²) in [6, 6.07) is 14.8. The number of hydrogen-bond acceptors (Lipinski definition) is 3. The lowest BCUT2D eigenvalue weighted by molar-refractivity contribution is 0.0955. The molecule has 0 saturated carbocycles. The van der Waals surface area contributed by atoms with Gasteiger partial charge in [0.05, 0.1) is 13.3 Å². The second-order valence-electron chi connectivity index (χ2n) is 6.52. The van der Waals surface area contributed by atoms with Crippen molar-refractivity contribution >= 4 is 23.7 Å². The zero-order valence-corrected chi connectivity index (χ0v) is 17.0. The Morgan fingerprint density at radius 2 is 1.93 bits per heavy atom.